The molecule has 8 nitrogen and oxygen atoms in total. The van der Waals surface area contributed by atoms with Gasteiger partial charge in [0.2, 0.25) is 5.91 Å². The number of hydrogen-bond acceptors (Lipinski definition) is 7. The topological polar surface area (TPSA) is 85.7 Å². The molecule has 0 spiro atoms. The first-order valence-corrected chi connectivity index (χ1v) is 13.5. The van der Waals surface area contributed by atoms with Crippen LogP contribution in [0.15, 0.2) is 42.5 Å². The van der Waals surface area contributed by atoms with Crippen LogP contribution in [-0.2, 0) is 9.53 Å². The van der Waals surface area contributed by atoms with Crippen LogP contribution in [0.1, 0.15) is 29.5 Å². The lowest BCUT2D eigenvalue weighted by Gasteiger charge is -2.43. The van der Waals surface area contributed by atoms with E-state index in [1.54, 1.807) is 4.90 Å². The van der Waals surface area contributed by atoms with Gasteiger partial charge in [0, 0.05) is 52.1 Å². The standard InChI is InChI=1S/C30H43N3O5/c1-23-9-10-26(17-25(23)3)38-22-30(36)20-31(15-16-33(21-30)28(34)18-37-4)19-29(35)11-13-32(14-12-29)27-8-6-5-7-24(27)2/h5-10,17,35-36H,11-16,18-22H2,1-4H3/t30-/m0/s1. The zero-order chi connectivity index (χ0) is 27.3. The molecule has 2 fully saturated rings. The van der Waals surface area contributed by atoms with E-state index in [9.17, 15) is 15.0 Å². The molecule has 38 heavy (non-hydrogen) atoms. The fourth-order valence-corrected chi connectivity index (χ4v) is 5.57. The monoisotopic (exact) mass is 525 g/mol. The average Bonchev–Trinajstić information content (AvgIpc) is 3.04. The number of benzene rings is 2. The van der Waals surface area contributed by atoms with E-state index in [-0.39, 0.29) is 25.7 Å². The summed E-state index contributed by atoms with van der Waals surface area (Å²) >= 11 is 0. The van der Waals surface area contributed by atoms with Gasteiger partial charge in [-0.3, -0.25) is 9.69 Å². The number of aliphatic hydroxyl groups is 2. The molecule has 1 amide bonds. The third-order valence-electron chi connectivity index (χ3n) is 7.96. The van der Waals surface area contributed by atoms with Crippen LogP contribution in [0.4, 0.5) is 5.69 Å². The highest BCUT2D eigenvalue weighted by Gasteiger charge is 2.41. The zero-order valence-corrected chi connectivity index (χ0v) is 23.3. The molecule has 2 N–H and O–H groups in total. The Kier molecular flexibility index (Phi) is 8.98. The van der Waals surface area contributed by atoms with Gasteiger partial charge in [-0.1, -0.05) is 24.3 Å². The van der Waals surface area contributed by atoms with Crippen molar-refractivity contribution in [2.75, 3.05) is 71.0 Å². The van der Waals surface area contributed by atoms with E-state index in [1.165, 1.54) is 23.9 Å². The minimum absolute atomic E-state index is 0.0350. The lowest BCUT2D eigenvalue weighted by atomic mass is 9.89. The third-order valence-corrected chi connectivity index (χ3v) is 7.96. The number of aryl methyl sites for hydroxylation is 3. The number of ether oxygens (including phenoxy) is 2. The molecular weight excluding hydrogens is 482 g/mol. The molecule has 2 aliphatic heterocycles. The number of β-amino-alcohol motifs (C(OH)–C–C–N with tert-alkyl or cyclic N) is 2. The van der Waals surface area contributed by atoms with Crippen molar-refractivity contribution in [3.8, 4) is 5.75 Å². The Hall–Kier alpha value is -2.65. The number of carbonyl (C=O) groups is 1. The minimum atomic E-state index is -1.29. The Morgan fingerprint density at radius 1 is 0.895 bits per heavy atom. The summed E-state index contributed by atoms with van der Waals surface area (Å²) in [4.78, 5) is 18.8. The van der Waals surface area contributed by atoms with E-state index < -0.39 is 11.2 Å². The number of carbonyl (C=O) groups excluding carboxylic acids is 1. The molecule has 0 radical (unpaired) electrons. The second kappa shape index (κ2) is 12.0. The molecule has 2 aliphatic rings. The van der Waals surface area contributed by atoms with Gasteiger partial charge in [-0.05, 0) is 68.5 Å². The summed E-state index contributed by atoms with van der Waals surface area (Å²) in [5.74, 6) is 0.526. The summed E-state index contributed by atoms with van der Waals surface area (Å²) in [6.45, 7) is 9.65. The highest BCUT2D eigenvalue weighted by atomic mass is 16.5. The van der Waals surface area contributed by atoms with E-state index >= 15 is 0 Å². The molecule has 208 valence electrons. The van der Waals surface area contributed by atoms with Gasteiger partial charge < -0.3 is 29.5 Å². The lowest BCUT2D eigenvalue weighted by molar-refractivity contribution is -0.138. The van der Waals surface area contributed by atoms with Crippen molar-refractivity contribution in [2.45, 2.75) is 44.8 Å². The van der Waals surface area contributed by atoms with Crippen molar-refractivity contribution < 1.29 is 24.5 Å². The van der Waals surface area contributed by atoms with Crippen LogP contribution in [0.5, 0.6) is 5.75 Å². The maximum Gasteiger partial charge on any atom is 0.248 e. The number of anilines is 1. The number of piperidine rings is 1. The van der Waals surface area contributed by atoms with Gasteiger partial charge >= 0.3 is 0 Å². The van der Waals surface area contributed by atoms with Crippen molar-refractivity contribution in [1.82, 2.24) is 9.80 Å². The smallest absolute Gasteiger partial charge is 0.248 e. The quantitative estimate of drug-likeness (QED) is 0.548. The minimum Gasteiger partial charge on any atom is -0.490 e. The van der Waals surface area contributed by atoms with Gasteiger partial charge in [-0.25, -0.2) is 0 Å². The molecule has 0 unspecified atom stereocenters. The van der Waals surface area contributed by atoms with Crippen LogP contribution in [0.2, 0.25) is 0 Å². The average molecular weight is 526 g/mol. The molecule has 1 atom stereocenters. The SMILES string of the molecule is COCC(=O)N1CCN(CC2(O)CCN(c3ccccc3C)CC2)C[C@@](O)(COc2ccc(C)c(C)c2)C1. The van der Waals surface area contributed by atoms with Gasteiger partial charge in [-0.15, -0.1) is 0 Å². The number of amides is 1. The maximum atomic E-state index is 12.7. The first kappa shape index (κ1) is 28.4. The van der Waals surface area contributed by atoms with Crippen LogP contribution in [0.3, 0.4) is 0 Å². The van der Waals surface area contributed by atoms with Gasteiger partial charge in [0.05, 0.1) is 12.1 Å². The van der Waals surface area contributed by atoms with Crippen molar-refractivity contribution in [1.29, 1.82) is 0 Å². The van der Waals surface area contributed by atoms with E-state index in [4.69, 9.17) is 9.47 Å². The van der Waals surface area contributed by atoms with Gasteiger partial charge in [0.25, 0.3) is 0 Å². The molecule has 0 aromatic heterocycles. The molecule has 2 saturated heterocycles. The summed E-state index contributed by atoms with van der Waals surface area (Å²) in [6.07, 6.45) is 1.28. The summed E-state index contributed by atoms with van der Waals surface area (Å²) in [7, 11) is 1.50. The number of nitrogens with zero attached hydrogens (tertiary/aromatic N) is 3. The predicted molar refractivity (Wildman–Crippen MR) is 149 cm³/mol. The summed E-state index contributed by atoms with van der Waals surface area (Å²) < 4.78 is 11.1. The van der Waals surface area contributed by atoms with Crippen LogP contribution in [0, 0.1) is 20.8 Å². The summed E-state index contributed by atoms with van der Waals surface area (Å²) in [5, 5.41) is 23.3. The van der Waals surface area contributed by atoms with E-state index in [0.29, 0.717) is 44.8 Å². The fraction of sp³-hybridized carbons (Fsp3) is 0.567. The number of rotatable bonds is 8. The first-order chi connectivity index (χ1) is 18.1. The highest BCUT2D eigenvalue weighted by Crippen LogP contribution is 2.30. The van der Waals surface area contributed by atoms with Crippen LogP contribution < -0.4 is 9.64 Å². The molecule has 0 aliphatic carbocycles. The van der Waals surface area contributed by atoms with Crippen molar-refractivity contribution in [2.24, 2.45) is 0 Å². The lowest BCUT2D eigenvalue weighted by Crippen LogP contribution is -2.56. The molecule has 2 aromatic rings. The highest BCUT2D eigenvalue weighted by molar-refractivity contribution is 5.77. The van der Waals surface area contributed by atoms with Crippen LogP contribution in [0.25, 0.3) is 0 Å². The Bertz CT molecular complexity index is 1100. The van der Waals surface area contributed by atoms with Gasteiger partial charge in [0.1, 0.15) is 24.6 Å². The third kappa shape index (κ3) is 7.05. The van der Waals surface area contributed by atoms with E-state index in [2.05, 4.69) is 34.9 Å². The molecule has 4 rings (SSSR count). The Labute approximate surface area is 226 Å². The fourth-order valence-electron chi connectivity index (χ4n) is 5.57. The first-order valence-electron chi connectivity index (χ1n) is 13.5. The Morgan fingerprint density at radius 2 is 1.63 bits per heavy atom. The van der Waals surface area contributed by atoms with E-state index in [1.807, 2.05) is 38.1 Å². The Morgan fingerprint density at radius 3 is 2.32 bits per heavy atom. The van der Waals surface area contributed by atoms with Crippen molar-refractivity contribution in [3.63, 3.8) is 0 Å². The molecule has 0 saturated carbocycles. The predicted octanol–water partition coefficient (Wildman–Crippen LogP) is 2.54. The molecule has 2 heterocycles. The number of hydrogen-bond donors (Lipinski definition) is 2. The maximum absolute atomic E-state index is 12.7. The van der Waals surface area contributed by atoms with Gasteiger partial charge in [-0.2, -0.15) is 0 Å². The molecule has 0 bridgehead atoms. The number of para-hydroxylation sites is 1. The number of methoxy groups -OCH3 is 1. The molecule has 2 aromatic carbocycles. The largest absolute Gasteiger partial charge is 0.490 e. The van der Waals surface area contributed by atoms with Crippen molar-refractivity contribution in [3.05, 3.63) is 59.2 Å². The van der Waals surface area contributed by atoms with Gasteiger partial charge in [0.15, 0.2) is 0 Å². The molecular formula is C30H43N3O5. The van der Waals surface area contributed by atoms with Crippen LogP contribution in [-0.4, -0.2) is 103 Å². The Balaban J connectivity index is 1.44. The van der Waals surface area contributed by atoms with E-state index in [0.717, 1.165) is 18.7 Å². The summed E-state index contributed by atoms with van der Waals surface area (Å²) in [5.41, 5.74) is 2.59. The normalized spacial score (nSPS) is 22.3. The van der Waals surface area contributed by atoms with Crippen LogP contribution >= 0.6 is 0 Å². The second-order valence-electron chi connectivity index (χ2n) is 11.2. The zero-order valence-electron chi connectivity index (χ0n) is 23.3. The van der Waals surface area contributed by atoms with Crippen molar-refractivity contribution >= 4 is 11.6 Å². The second-order valence-corrected chi connectivity index (χ2v) is 11.2. The molecule has 8 heteroatoms. The summed E-state index contributed by atoms with van der Waals surface area (Å²) in [6, 6.07) is 14.2.